The Balaban J connectivity index is 1.70. The standard InChI is InChI=1S/C18H23F3N2O3/c1-10-11-7-13(23(10)16(24)26-17(2,3)4)14(8-11)25-12-5-6-15(22-9-12)18(19,20)21/h5-6,9-11,13-14H,7-8H2,1-4H3. The van der Waals surface area contributed by atoms with Gasteiger partial charge in [-0.15, -0.1) is 0 Å². The molecule has 1 aliphatic carbocycles. The van der Waals surface area contributed by atoms with Crippen molar-refractivity contribution in [1.82, 2.24) is 9.88 Å². The zero-order valence-corrected chi connectivity index (χ0v) is 15.2. The average molecular weight is 372 g/mol. The number of hydrogen-bond donors (Lipinski definition) is 0. The first kappa shape index (κ1) is 18.8. The molecule has 0 radical (unpaired) electrons. The van der Waals surface area contributed by atoms with E-state index in [0.29, 0.717) is 5.92 Å². The highest BCUT2D eigenvalue weighted by Gasteiger charge is 2.53. The van der Waals surface area contributed by atoms with Crippen LogP contribution >= 0.6 is 0 Å². The largest absolute Gasteiger partial charge is 0.487 e. The number of carbonyl (C=O) groups is 1. The first-order valence-corrected chi connectivity index (χ1v) is 8.67. The average Bonchev–Trinajstić information content (AvgIpc) is 3.02. The van der Waals surface area contributed by atoms with Gasteiger partial charge >= 0.3 is 12.3 Å². The predicted molar refractivity (Wildman–Crippen MR) is 87.7 cm³/mol. The van der Waals surface area contributed by atoms with Gasteiger partial charge in [-0.05, 0) is 58.6 Å². The van der Waals surface area contributed by atoms with Crippen molar-refractivity contribution in [3.63, 3.8) is 0 Å². The maximum absolute atomic E-state index is 12.6. The van der Waals surface area contributed by atoms with E-state index >= 15 is 0 Å². The molecule has 0 aromatic carbocycles. The fourth-order valence-electron chi connectivity index (χ4n) is 3.76. The second kappa shape index (κ2) is 6.32. The van der Waals surface area contributed by atoms with Crippen molar-refractivity contribution in [1.29, 1.82) is 0 Å². The van der Waals surface area contributed by atoms with Crippen molar-refractivity contribution in [3.05, 3.63) is 24.0 Å². The zero-order chi connectivity index (χ0) is 19.3. The minimum absolute atomic E-state index is 0.0560. The summed E-state index contributed by atoms with van der Waals surface area (Å²) in [5.74, 6) is 0.562. The Kier molecular flexibility index (Phi) is 4.56. The first-order chi connectivity index (χ1) is 12.0. The fourth-order valence-corrected chi connectivity index (χ4v) is 3.76. The summed E-state index contributed by atoms with van der Waals surface area (Å²) in [6.45, 7) is 7.42. The van der Waals surface area contributed by atoms with Crippen LogP contribution in [0, 0.1) is 5.92 Å². The number of piperidine rings is 1. The Hall–Kier alpha value is -1.99. The Bertz CT molecular complexity index is 670. The van der Waals surface area contributed by atoms with E-state index in [0.717, 1.165) is 25.1 Å². The van der Waals surface area contributed by atoms with Crippen LogP contribution in [0.15, 0.2) is 18.3 Å². The van der Waals surface area contributed by atoms with Gasteiger partial charge < -0.3 is 9.47 Å². The molecule has 5 nitrogen and oxygen atoms in total. The van der Waals surface area contributed by atoms with Gasteiger partial charge in [0.2, 0.25) is 0 Å². The van der Waals surface area contributed by atoms with Crippen LogP contribution in [0.4, 0.5) is 18.0 Å². The Morgan fingerprint density at radius 2 is 1.92 bits per heavy atom. The molecule has 1 aromatic heterocycles. The van der Waals surface area contributed by atoms with Crippen LogP contribution in [0.5, 0.6) is 5.75 Å². The highest BCUT2D eigenvalue weighted by atomic mass is 19.4. The molecule has 1 amide bonds. The molecule has 2 aliphatic rings. The van der Waals surface area contributed by atoms with Crippen LogP contribution in [-0.2, 0) is 10.9 Å². The minimum atomic E-state index is -4.48. The van der Waals surface area contributed by atoms with E-state index in [2.05, 4.69) is 4.98 Å². The third-order valence-electron chi connectivity index (χ3n) is 4.91. The van der Waals surface area contributed by atoms with Gasteiger partial charge in [0.15, 0.2) is 0 Å². The van der Waals surface area contributed by atoms with E-state index in [1.807, 2.05) is 27.7 Å². The summed E-state index contributed by atoms with van der Waals surface area (Å²) < 4.78 is 49.2. The van der Waals surface area contributed by atoms with E-state index in [1.165, 1.54) is 6.07 Å². The van der Waals surface area contributed by atoms with Crippen molar-refractivity contribution in [2.75, 3.05) is 0 Å². The molecular formula is C18H23F3N2O3. The number of fused-ring (bicyclic) bond motifs is 2. The molecule has 8 heteroatoms. The zero-order valence-electron chi connectivity index (χ0n) is 15.2. The normalized spacial score (nSPS) is 28.3. The topological polar surface area (TPSA) is 51.7 Å². The van der Waals surface area contributed by atoms with Crippen molar-refractivity contribution in [2.45, 2.75) is 70.5 Å². The lowest BCUT2D eigenvalue weighted by molar-refractivity contribution is -0.141. The van der Waals surface area contributed by atoms with E-state index in [9.17, 15) is 18.0 Å². The number of rotatable bonds is 2. The second-order valence-electron chi connectivity index (χ2n) is 7.96. The van der Waals surface area contributed by atoms with E-state index in [1.54, 1.807) is 4.90 Å². The molecule has 1 saturated heterocycles. The minimum Gasteiger partial charge on any atom is -0.487 e. The number of likely N-dealkylation sites (tertiary alicyclic amines) is 1. The van der Waals surface area contributed by atoms with E-state index < -0.39 is 17.5 Å². The molecule has 26 heavy (non-hydrogen) atoms. The Morgan fingerprint density at radius 3 is 2.42 bits per heavy atom. The quantitative estimate of drug-likeness (QED) is 0.778. The third-order valence-corrected chi connectivity index (χ3v) is 4.91. The lowest BCUT2D eigenvalue weighted by atomic mass is 9.99. The molecular weight excluding hydrogens is 349 g/mol. The van der Waals surface area contributed by atoms with E-state index in [-0.39, 0.29) is 30.0 Å². The second-order valence-corrected chi connectivity index (χ2v) is 7.96. The molecule has 4 unspecified atom stereocenters. The summed E-state index contributed by atoms with van der Waals surface area (Å²) in [5, 5.41) is 0. The predicted octanol–water partition coefficient (Wildman–Crippen LogP) is 4.27. The fraction of sp³-hybridized carbons (Fsp3) is 0.667. The Morgan fingerprint density at radius 1 is 1.23 bits per heavy atom. The highest BCUT2D eigenvalue weighted by Crippen LogP contribution is 2.44. The summed E-state index contributed by atoms with van der Waals surface area (Å²) >= 11 is 0. The molecule has 3 rings (SSSR count). The number of nitrogens with zero attached hydrogens (tertiary/aromatic N) is 2. The molecule has 0 N–H and O–H groups in total. The number of pyridine rings is 1. The van der Waals surface area contributed by atoms with Crippen LogP contribution in [0.1, 0.15) is 46.2 Å². The number of ether oxygens (including phenoxy) is 2. The number of hydrogen-bond acceptors (Lipinski definition) is 4. The molecule has 1 saturated carbocycles. The van der Waals surface area contributed by atoms with Gasteiger partial charge in [0, 0.05) is 6.04 Å². The van der Waals surface area contributed by atoms with Gasteiger partial charge in [0.05, 0.1) is 12.2 Å². The van der Waals surface area contributed by atoms with Gasteiger partial charge in [-0.25, -0.2) is 9.78 Å². The van der Waals surface area contributed by atoms with Crippen molar-refractivity contribution in [3.8, 4) is 5.75 Å². The number of carbonyl (C=O) groups excluding carboxylic acids is 1. The maximum Gasteiger partial charge on any atom is 0.433 e. The van der Waals surface area contributed by atoms with Crippen LogP contribution in [0.3, 0.4) is 0 Å². The van der Waals surface area contributed by atoms with Crippen molar-refractivity contribution >= 4 is 6.09 Å². The molecule has 2 bridgehead atoms. The monoisotopic (exact) mass is 372 g/mol. The van der Waals surface area contributed by atoms with Crippen LogP contribution in [0.2, 0.25) is 0 Å². The molecule has 2 fully saturated rings. The van der Waals surface area contributed by atoms with Gasteiger partial charge in [0.25, 0.3) is 0 Å². The van der Waals surface area contributed by atoms with E-state index in [4.69, 9.17) is 9.47 Å². The van der Waals surface area contributed by atoms with Gasteiger partial charge in [-0.1, -0.05) is 0 Å². The maximum atomic E-state index is 12.6. The van der Waals surface area contributed by atoms with Gasteiger partial charge in [0.1, 0.15) is 23.1 Å². The molecule has 1 aliphatic heterocycles. The van der Waals surface area contributed by atoms with Crippen LogP contribution < -0.4 is 4.74 Å². The number of aromatic nitrogens is 1. The summed E-state index contributed by atoms with van der Waals surface area (Å²) in [4.78, 5) is 17.7. The summed E-state index contributed by atoms with van der Waals surface area (Å²) in [6, 6.07) is 2.08. The number of amides is 1. The third kappa shape index (κ3) is 3.73. The lowest BCUT2D eigenvalue weighted by Gasteiger charge is -2.38. The molecule has 4 atom stereocenters. The van der Waals surface area contributed by atoms with Crippen LogP contribution in [0.25, 0.3) is 0 Å². The first-order valence-electron chi connectivity index (χ1n) is 8.67. The number of alkyl halides is 3. The smallest absolute Gasteiger partial charge is 0.433 e. The molecule has 0 spiro atoms. The molecule has 1 aromatic rings. The van der Waals surface area contributed by atoms with Gasteiger partial charge in [-0.3, -0.25) is 4.90 Å². The Labute approximate surface area is 150 Å². The SMILES string of the molecule is CC1C2CC(Oc3ccc(C(F)(F)F)nc3)C(C2)N1C(=O)OC(C)(C)C. The summed E-state index contributed by atoms with van der Waals surface area (Å²) in [6.07, 6.45) is -2.49. The van der Waals surface area contributed by atoms with Crippen molar-refractivity contribution in [2.24, 2.45) is 5.92 Å². The summed E-state index contributed by atoms with van der Waals surface area (Å²) in [7, 11) is 0. The molecule has 144 valence electrons. The highest BCUT2D eigenvalue weighted by molar-refractivity contribution is 5.70. The van der Waals surface area contributed by atoms with Crippen LogP contribution in [-0.4, -0.2) is 39.8 Å². The summed E-state index contributed by atoms with van der Waals surface area (Å²) in [5.41, 5.74) is -1.55. The van der Waals surface area contributed by atoms with Gasteiger partial charge in [-0.2, -0.15) is 13.2 Å². The lowest BCUT2D eigenvalue weighted by Crippen LogP contribution is -2.52. The molecule has 2 heterocycles. The van der Waals surface area contributed by atoms with Crippen molar-refractivity contribution < 1.29 is 27.4 Å². The number of halogens is 3.